The number of aromatic nitrogens is 3. The third kappa shape index (κ3) is 5.16. The number of hydrogen-bond donors (Lipinski definition) is 1. The van der Waals surface area contributed by atoms with Gasteiger partial charge in [0.2, 0.25) is 10.0 Å². The van der Waals surface area contributed by atoms with E-state index >= 15 is 0 Å². The van der Waals surface area contributed by atoms with Crippen LogP contribution in [0.15, 0.2) is 29.2 Å². The van der Waals surface area contributed by atoms with Crippen LogP contribution in [-0.4, -0.2) is 43.5 Å². The lowest BCUT2D eigenvalue weighted by Gasteiger charge is -2.15. The number of ether oxygens (including phenoxy) is 2. The number of halogens is 1. The topological polar surface area (TPSA) is 95.3 Å². The molecule has 26 heavy (non-hydrogen) atoms. The Bertz CT molecular complexity index is 808. The minimum absolute atomic E-state index is 0.132. The summed E-state index contributed by atoms with van der Waals surface area (Å²) in [6.45, 7) is 5.20. The van der Waals surface area contributed by atoms with E-state index in [2.05, 4.69) is 14.9 Å². The first-order valence-electron chi connectivity index (χ1n) is 8.21. The number of sulfonamides is 1. The van der Waals surface area contributed by atoms with E-state index in [4.69, 9.17) is 21.1 Å². The molecule has 0 saturated carbocycles. The van der Waals surface area contributed by atoms with E-state index in [0.29, 0.717) is 36.6 Å². The molecule has 0 amide bonds. The second-order valence-electron chi connectivity index (χ2n) is 5.58. The zero-order valence-electron chi connectivity index (χ0n) is 15.0. The molecule has 144 valence electrons. The van der Waals surface area contributed by atoms with E-state index in [9.17, 15) is 8.42 Å². The fourth-order valence-electron chi connectivity index (χ4n) is 2.36. The van der Waals surface area contributed by atoms with Gasteiger partial charge in [-0.25, -0.2) is 13.1 Å². The quantitative estimate of drug-likeness (QED) is 0.613. The second kappa shape index (κ2) is 9.31. The van der Waals surface area contributed by atoms with E-state index in [1.54, 1.807) is 18.6 Å². The summed E-state index contributed by atoms with van der Waals surface area (Å²) in [7, 11) is -2.09. The monoisotopic (exact) mass is 402 g/mol. The Hall–Kier alpha value is -1.68. The summed E-state index contributed by atoms with van der Waals surface area (Å²) in [5.74, 6) is 0.479. The van der Waals surface area contributed by atoms with Gasteiger partial charge in [-0.15, -0.1) is 5.10 Å². The first-order valence-corrected chi connectivity index (χ1v) is 10.1. The summed E-state index contributed by atoms with van der Waals surface area (Å²) >= 11 is 5.81. The maximum atomic E-state index is 12.5. The Balaban J connectivity index is 2.12. The minimum Gasteiger partial charge on any atom is -0.463 e. The first kappa shape index (κ1) is 20.6. The summed E-state index contributed by atoms with van der Waals surface area (Å²) < 4.78 is 40.0. The van der Waals surface area contributed by atoms with Gasteiger partial charge in [0.15, 0.2) is 5.82 Å². The third-order valence-electron chi connectivity index (χ3n) is 3.63. The largest absolute Gasteiger partial charge is 0.463 e. The van der Waals surface area contributed by atoms with Crippen molar-refractivity contribution in [2.75, 3.05) is 20.3 Å². The van der Waals surface area contributed by atoms with Crippen molar-refractivity contribution < 1.29 is 17.9 Å². The Morgan fingerprint density at radius 3 is 2.54 bits per heavy atom. The molecule has 0 fully saturated rings. The van der Waals surface area contributed by atoms with E-state index in [-0.39, 0.29) is 4.90 Å². The van der Waals surface area contributed by atoms with Crippen LogP contribution in [0.25, 0.3) is 0 Å². The van der Waals surface area contributed by atoms with E-state index in [1.807, 2.05) is 6.92 Å². The number of methoxy groups -OCH3 is 1. The van der Waals surface area contributed by atoms with Crippen molar-refractivity contribution >= 4 is 21.6 Å². The maximum absolute atomic E-state index is 12.5. The van der Waals surface area contributed by atoms with Gasteiger partial charge in [0.25, 0.3) is 0 Å². The van der Waals surface area contributed by atoms with Gasteiger partial charge >= 0.3 is 6.01 Å². The number of hydrogen-bond acceptors (Lipinski definition) is 6. The van der Waals surface area contributed by atoms with Gasteiger partial charge in [-0.3, -0.25) is 4.57 Å². The lowest BCUT2D eigenvalue weighted by molar-refractivity contribution is 0.166. The highest BCUT2D eigenvalue weighted by atomic mass is 35.5. The predicted molar refractivity (Wildman–Crippen MR) is 97.9 cm³/mol. The molecular weight excluding hydrogens is 380 g/mol. The SMILES string of the molecule is CCn1c(OCCCOC)nnc1[C@@H](C)NS(=O)(=O)c1ccc(Cl)cc1. The molecule has 0 bridgehead atoms. The molecule has 10 heteroatoms. The van der Waals surface area contributed by atoms with Crippen molar-refractivity contribution in [3.63, 3.8) is 0 Å². The van der Waals surface area contributed by atoms with Crippen molar-refractivity contribution in [2.45, 2.75) is 37.8 Å². The molecule has 2 aromatic rings. The molecule has 0 aliphatic heterocycles. The molecule has 1 heterocycles. The number of nitrogens with zero attached hydrogens (tertiary/aromatic N) is 3. The molecule has 1 N–H and O–H groups in total. The van der Waals surface area contributed by atoms with Gasteiger partial charge < -0.3 is 9.47 Å². The predicted octanol–water partition coefficient (Wildman–Crippen LogP) is 2.41. The van der Waals surface area contributed by atoms with Crippen LogP contribution < -0.4 is 9.46 Å². The Morgan fingerprint density at radius 2 is 1.92 bits per heavy atom. The average Bonchev–Trinajstić information content (AvgIpc) is 3.01. The van der Waals surface area contributed by atoms with Crippen molar-refractivity contribution in [3.8, 4) is 6.01 Å². The molecule has 1 aromatic heterocycles. The van der Waals surface area contributed by atoms with Crippen LogP contribution in [-0.2, 0) is 21.3 Å². The Labute approximate surface area is 158 Å². The molecule has 0 saturated heterocycles. The molecular formula is C16H23ClN4O4S. The minimum atomic E-state index is -3.71. The van der Waals surface area contributed by atoms with Crippen molar-refractivity contribution in [1.82, 2.24) is 19.5 Å². The van der Waals surface area contributed by atoms with E-state index < -0.39 is 16.1 Å². The van der Waals surface area contributed by atoms with Crippen molar-refractivity contribution in [3.05, 3.63) is 35.1 Å². The molecule has 1 aromatic carbocycles. The zero-order valence-corrected chi connectivity index (χ0v) is 16.5. The average molecular weight is 403 g/mol. The highest BCUT2D eigenvalue weighted by Gasteiger charge is 2.23. The van der Waals surface area contributed by atoms with Crippen molar-refractivity contribution in [2.24, 2.45) is 0 Å². The summed E-state index contributed by atoms with van der Waals surface area (Å²) in [5.41, 5.74) is 0. The molecule has 0 spiro atoms. The highest BCUT2D eigenvalue weighted by molar-refractivity contribution is 7.89. The Kier molecular flexibility index (Phi) is 7.39. The highest BCUT2D eigenvalue weighted by Crippen LogP contribution is 2.20. The standard InChI is InChI=1S/C16H23ClN4O4S/c1-4-21-15(18-19-16(21)25-11-5-10-24-3)12(2)20-26(22,23)14-8-6-13(17)7-9-14/h6-9,12,20H,4-5,10-11H2,1-3H3/t12-/m1/s1. The van der Waals surface area contributed by atoms with Gasteiger partial charge in [-0.2, -0.15) is 0 Å². The van der Waals surface area contributed by atoms with Crippen LogP contribution in [0.2, 0.25) is 5.02 Å². The molecule has 0 aliphatic rings. The van der Waals surface area contributed by atoms with Crippen LogP contribution in [0.4, 0.5) is 0 Å². The van der Waals surface area contributed by atoms with Crippen LogP contribution in [0, 0.1) is 0 Å². The lowest BCUT2D eigenvalue weighted by Crippen LogP contribution is -2.29. The number of benzene rings is 1. The summed E-state index contributed by atoms with van der Waals surface area (Å²) in [5, 5.41) is 8.57. The van der Waals surface area contributed by atoms with Crippen molar-refractivity contribution in [1.29, 1.82) is 0 Å². The summed E-state index contributed by atoms with van der Waals surface area (Å²) in [4.78, 5) is 0.132. The van der Waals surface area contributed by atoms with Gasteiger partial charge in [-0.1, -0.05) is 16.7 Å². The smallest absolute Gasteiger partial charge is 0.316 e. The van der Waals surface area contributed by atoms with Gasteiger partial charge in [0, 0.05) is 31.7 Å². The fourth-order valence-corrected chi connectivity index (χ4v) is 3.69. The third-order valence-corrected chi connectivity index (χ3v) is 5.44. The normalized spacial score (nSPS) is 12.9. The van der Waals surface area contributed by atoms with Crippen LogP contribution in [0.5, 0.6) is 6.01 Å². The summed E-state index contributed by atoms with van der Waals surface area (Å²) in [6.07, 6.45) is 0.723. The van der Waals surface area contributed by atoms with E-state index in [1.165, 1.54) is 24.3 Å². The molecule has 1 atom stereocenters. The molecule has 0 radical (unpaired) electrons. The fraction of sp³-hybridized carbons (Fsp3) is 0.500. The van der Waals surface area contributed by atoms with Gasteiger partial charge in [-0.05, 0) is 38.1 Å². The van der Waals surface area contributed by atoms with Gasteiger partial charge in [0.05, 0.1) is 17.5 Å². The van der Waals surface area contributed by atoms with Crippen LogP contribution >= 0.6 is 11.6 Å². The number of rotatable bonds is 10. The van der Waals surface area contributed by atoms with E-state index in [0.717, 1.165) is 6.42 Å². The lowest BCUT2D eigenvalue weighted by atomic mass is 10.3. The maximum Gasteiger partial charge on any atom is 0.316 e. The number of nitrogens with one attached hydrogen (secondary N) is 1. The molecule has 2 rings (SSSR count). The molecule has 8 nitrogen and oxygen atoms in total. The zero-order chi connectivity index (χ0) is 19.2. The van der Waals surface area contributed by atoms with Gasteiger partial charge in [0.1, 0.15) is 0 Å². The molecule has 0 aliphatic carbocycles. The van der Waals surface area contributed by atoms with Crippen LogP contribution in [0.1, 0.15) is 32.1 Å². The molecule has 0 unspecified atom stereocenters. The second-order valence-corrected chi connectivity index (χ2v) is 7.73. The Morgan fingerprint density at radius 1 is 1.23 bits per heavy atom. The van der Waals surface area contributed by atoms with Crippen LogP contribution in [0.3, 0.4) is 0 Å². The first-order chi connectivity index (χ1) is 12.4. The summed E-state index contributed by atoms with van der Waals surface area (Å²) in [6, 6.07) is 5.73.